The fourth-order valence-corrected chi connectivity index (χ4v) is 2.44. The summed E-state index contributed by atoms with van der Waals surface area (Å²) in [7, 11) is -4.68. The van der Waals surface area contributed by atoms with Gasteiger partial charge in [-0.3, -0.25) is 14.7 Å². The second-order valence-corrected chi connectivity index (χ2v) is 4.91. The number of fused-ring (bicyclic) bond motifs is 1. The van der Waals surface area contributed by atoms with Crippen LogP contribution in [0.25, 0.3) is 10.8 Å². The van der Waals surface area contributed by atoms with E-state index in [2.05, 4.69) is 0 Å². The molecular weight excluding hydrogens is 262 g/mol. The zero-order valence-corrected chi connectivity index (χ0v) is 9.59. The summed E-state index contributed by atoms with van der Waals surface area (Å²) in [5.74, 6) is -0.662. The first-order valence-corrected chi connectivity index (χ1v) is 6.12. The Hall–Kier alpha value is -2.19. The van der Waals surface area contributed by atoms with E-state index >= 15 is 0 Å². The molecule has 0 spiro atoms. The lowest BCUT2D eigenvalue weighted by atomic mass is 10.1. The molecule has 0 radical (unpaired) electrons. The molecule has 2 aromatic carbocycles. The van der Waals surface area contributed by atoms with Crippen molar-refractivity contribution >= 4 is 26.6 Å². The predicted molar refractivity (Wildman–Crippen MR) is 62.1 cm³/mol. The van der Waals surface area contributed by atoms with Crippen molar-refractivity contribution in [2.24, 2.45) is 0 Å². The minimum absolute atomic E-state index is 0.105. The van der Waals surface area contributed by atoms with Crippen LogP contribution in [0.2, 0.25) is 0 Å². The van der Waals surface area contributed by atoms with Crippen molar-refractivity contribution in [2.75, 3.05) is 0 Å². The molecule has 8 heteroatoms. The predicted octanol–water partition coefficient (Wildman–Crippen LogP) is 1.70. The molecule has 2 rings (SSSR count). The molecule has 0 saturated carbocycles. The highest BCUT2D eigenvalue weighted by atomic mass is 32.2. The van der Waals surface area contributed by atoms with Crippen LogP contribution in [0.3, 0.4) is 0 Å². The Balaban J connectivity index is 2.94. The number of aromatic hydroxyl groups is 1. The molecule has 0 saturated heterocycles. The van der Waals surface area contributed by atoms with E-state index in [0.717, 1.165) is 12.1 Å². The van der Waals surface area contributed by atoms with E-state index in [1.807, 2.05) is 0 Å². The Bertz CT molecular complexity index is 752. The van der Waals surface area contributed by atoms with Gasteiger partial charge in [0.1, 0.15) is 10.6 Å². The second-order valence-electron chi connectivity index (χ2n) is 3.55. The molecule has 0 aliphatic carbocycles. The van der Waals surface area contributed by atoms with Gasteiger partial charge in [0.15, 0.2) is 0 Å². The Morgan fingerprint density at radius 2 is 1.78 bits per heavy atom. The van der Waals surface area contributed by atoms with Gasteiger partial charge in [0.05, 0.1) is 4.92 Å². The first-order valence-electron chi connectivity index (χ1n) is 4.68. The average Bonchev–Trinajstić information content (AvgIpc) is 2.25. The monoisotopic (exact) mass is 269 g/mol. The van der Waals surface area contributed by atoms with Gasteiger partial charge >= 0.3 is 0 Å². The van der Waals surface area contributed by atoms with E-state index < -0.39 is 25.7 Å². The number of phenols is 1. The molecule has 94 valence electrons. The van der Waals surface area contributed by atoms with Crippen LogP contribution in [0, 0.1) is 10.1 Å². The Morgan fingerprint density at radius 1 is 1.17 bits per heavy atom. The molecule has 0 amide bonds. The van der Waals surface area contributed by atoms with Crippen LogP contribution in [0.15, 0.2) is 35.2 Å². The van der Waals surface area contributed by atoms with Crippen molar-refractivity contribution in [3.05, 3.63) is 40.4 Å². The molecule has 0 aliphatic heterocycles. The van der Waals surface area contributed by atoms with Crippen molar-refractivity contribution in [1.29, 1.82) is 0 Å². The molecule has 0 unspecified atom stereocenters. The van der Waals surface area contributed by atoms with E-state index in [1.165, 1.54) is 18.2 Å². The molecule has 0 aromatic heterocycles. The first kappa shape index (κ1) is 12.3. The van der Waals surface area contributed by atoms with Crippen molar-refractivity contribution < 1.29 is 23.0 Å². The second kappa shape index (κ2) is 3.93. The van der Waals surface area contributed by atoms with Crippen molar-refractivity contribution in [3.8, 4) is 5.75 Å². The Labute approximate surface area is 101 Å². The molecule has 0 bridgehead atoms. The van der Waals surface area contributed by atoms with E-state index in [9.17, 15) is 23.6 Å². The number of nitro benzene ring substituents is 1. The third-order valence-electron chi connectivity index (χ3n) is 2.40. The molecule has 0 atom stereocenters. The molecule has 7 nitrogen and oxygen atoms in total. The number of hydrogen-bond donors (Lipinski definition) is 2. The van der Waals surface area contributed by atoms with Crippen LogP contribution in [0.5, 0.6) is 5.75 Å². The fraction of sp³-hybridized carbons (Fsp3) is 0. The van der Waals surface area contributed by atoms with E-state index in [1.54, 1.807) is 0 Å². The third-order valence-corrected chi connectivity index (χ3v) is 3.35. The zero-order chi connectivity index (χ0) is 13.5. The molecular formula is C10H7NO6S. The average molecular weight is 269 g/mol. The quantitative estimate of drug-likeness (QED) is 0.486. The summed E-state index contributed by atoms with van der Waals surface area (Å²) in [5, 5.41) is 20.3. The molecule has 0 heterocycles. The van der Waals surface area contributed by atoms with Crippen LogP contribution in [0.4, 0.5) is 5.69 Å². The smallest absolute Gasteiger partial charge is 0.298 e. The number of phenolic OH excluding ortho intramolecular Hbond substituents is 1. The van der Waals surface area contributed by atoms with Gasteiger partial charge in [-0.05, 0) is 17.5 Å². The maximum Gasteiger partial charge on any atom is 0.298 e. The van der Waals surface area contributed by atoms with E-state index in [0.29, 0.717) is 5.39 Å². The number of non-ortho nitro benzene ring substituents is 1. The van der Waals surface area contributed by atoms with Gasteiger partial charge in [0, 0.05) is 17.5 Å². The number of nitro groups is 1. The summed E-state index contributed by atoms with van der Waals surface area (Å²) in [6.07, 6.45) is 0. The minimum atomic E-state index is -4.68. The molecule has 2 N–H and O–H groups in total. The number of nitrogens with zero attached hydrogens (tertiary/aromatic N) is 1. The lowest BCUT2D eigenvalue weighted by molar-refractivity contribution is -0.384. The van der Waals surface area contributed by atoms with Gasteiger partial charge in [-0.2, -0.15) is 8.42 Å². The largest absolute Gasteiger partial charge is 0.506 e. The van der Waals surface area contributed by atoms with Crippen LogP contribution in [-0.2, 0) is 10.1 Å². The molecule has 0 fully saturated rings. The maximum absolute atomic E-state index is 11.2. The van der Waals surface area contributed by atoms with E-state index in [4.69, 9.17) is 4.55 Å². The summed E-state index contributed by atoms with van der Waals surface area (Å²) in [5.41, 5.74) is -0.335. The number of rotatable bonds is 2. The minimum Gasteiger partial charge on any atom is -0.506 e. The van der Waals surface area contributed by atoms with Crippen LogP contribution in [-0.4, -0.2) is 23.0 Å². The molecule has 0 aliphatic rings. The lowest BCUT2D eigenvalue weighted by Crippen LogP contribution is -2.00. The molecule has 18 heavy (non-hydrogen) atoms. The maximum atomic E-state index is 11.2. The summed E-state index contributed by atoms with van der Waals surface area (Å²) in [6.45, 7) is 0. The van der Waals surface area contributed by atoms with Gasteiger partial charge in [-0.15, -0.1) is 0 Å². The van der Waals surface area contributed by atoms with Crippen molar-refractivity contribution in [1.82, 2.24) is 0 Å². The topological polar surface area (TPSA) is 118 Å². The first-order chi connectivity index (χ1) is 8.30. The highest BCUT2D eigenvalue weighted by molar-refractivity contribution is 7.86. The molecule has 2 aromatic rings. The SMILES string of the molecule is O=[N+]([O-])c1ccc2ccc(O)c(S(=O)(=O)O)c2c1. The summed E-state index contributed by atoms with van der Waals surface area (Å²) in [6, 6.07) is 6.01. The fourth-order valence-electron chi connectivity index (χ4n) is 1.65. The lowest BCUT2D eigenvalue weighted by Gasteiger charge is -2.06. The highest BCUT2D eigenvalue weighted by Gasteiger charge is 2.21. The Morgan fingerprint density at radius 3 is 2.33 bits per heavy atom. The van der Waals surface area contributed by atoms with Gasteiger partial charge in [0.2, 0.25) is 0 Å². The normalized spacial score (nSPS) is 11.6. The van der Waals surface area contributed by atoms with Crippen LogP contribution in [0.1, 0.15) is 0 Å². The summed E-state index contributed by atoms with van der Waals surface area (Å²) in [4.78, 5) is 9.19. The zero-order valence-electron chi connectivity index (χ0n) is 8.77. The van der Waals surface area contributed by atoms with Crippen LogP contribution < -0.4 is 0 Å². The Kier molecular flexibility index (Phi) is 2.68. The van der Waals surface area contributed by atoms with Crippen molar-refractivity contribution in [3.63, 3.8) is 0 Å². The van der Waals surface area contributed by atoms with Gasteiger partial charge in [0.25, 0.3) is 15.8 Å². The highest BCUT2D eigenvalue weighted by Crippen LogP contribution is 2.33. The van der Waals surface area contributed by atoms with Crippen molar-refractivity contribution in [2.45, 2.75) is 4.90 Å². The number of benzene rings is 2. The van der Waals surface area contributed by atoms with E-state index in [-0.39, 0.29) is 11.1 Å². The van der Waals surface area contributed by atoms with Gasteiger partial charge in [-0.1, -0.05) is 6.07 Å². The van der Waals surface area contributed by atoms with Gasteiger partial charge in [-0.25, -0.2) is 0 Å². The third kappa shape index (κ3) is 1.98. The number of hydrogen-bond acceptors (Lipinski definition) is 5. The standard InChI is InChI=1S/C10H7NO6S/c12-9-4-2-6-1-3-7(11(13)14)5-8(6)10(9)18(15,16)17/h1-5,12H,(H,15,16,17). The summed E-state index contributed by atoms with van der Waals surface area (Å²) < 4.78 is 31.4. The summed E-state index contributed by atoms with van der Waals surface area (Å²) >= 11 is 0. The van der Waals surface area contributed by atoms with Crippen LogP contribution >= 0.6 is 0 Å². The van der Waals surface area contributed by atoms with Gasteiger partial charge < -0.3 is 5.11 Å².